The number of hydrazone groups is 1. The first kappa shape index (κ1) is 22.5. The number of thioether (sulfide) groups is 2. The van der Waals surface area contributed by atoms with E-state index in [1.165, 1.54) is 28.5 Å². The summed E-state index contributed by atoms with van der Waals surface area (Å²) < 4.78 is -1.18. The second kappa shape index (κ2) is 8.59. The van der Waals surface area contributed by atoms with Gasteiger partial charge in [-0.1, -0.05) is 126 Å². The molecule has 4 aromatic rings. The van der Waals surface area contributed by atoms with Crippen molar-refractivity contribution in [1.82, 2.24) is 0 Å². The molecule has 0 radical (unpaired) electrons. The highest BCUT2D eigenvalue weighted by molar-refractivity contribution is 8.27. The molecule has 0 unspecified atom stereocenters. The van der Waals surface area contributed by atoms with Gasteiger partial charge in [-0.15, -0.1) is 0 Å². The Hall–Kier alpha value is -2.99. The predicted molar refractivity (Wildman–Crippen MR) is 148 cm³/mol. The fourth-order valence-corrected chi connectivity index (χ4v) is 8.63. The fourth-order valence-electron chi connectivity index (χ4n) is 4.89. The van der Waals surface area contributed by atoms with Gasteiger partial charge in [-0.3, -0.25) is 4.79 Å². The van der Waals surface area contributed by atoms with E-state index < -0.39 is 8.95 Å². The van der Waals surface area contributed by atoms with Gasteiger partial charge in [-0.2, -0.15) is 5.10 Å². The van der Waals surface area contributed by atoms with E-state index in [0.29, 0.717) is 10.1 Å². The van der Waals surface area contributed by atoms with Crippen LogP contribution >= 0.6 is 35.1 Å². The minimum atomic E-state index is -0.687. The first-order valence-corrected chi connectivity index (χ1v) is 13.3. The SMILES string of the molecule is CC(=O)C1=NN(c2cccc(Cl)c2)[C@]2(S1)SC(c1ccccc1)(c1ccccc1)c1ccccc12. The average Bonchev–Trinajstić information content (AvgIpc) is 3.43. The Balaban J connectivity index is 1.65. The van der Waals surface area contributed by atoms with E-state index in [4.69, 9.17) is 16.7 Å². The van der Waals surface area contributed by atoms with Crippen LogP contribution in [0.15, 0.2) is 114 Å². The lowest BCUT2D eigenvalue weighted by molar-refractivity contribution is -0.110. The summed E-state index contributed by atoms with van der Waals surface area (Å²) >= 11 is 9.74. The van der Waals surface area contributed by atoms with Crippen molar-refractivity contribution in [2.24, 2.45) is 5.10 Å². The van der Waals surface area contributed by atoms with Gasteiger partial charge >= 0.3 is 0 Å². The lowest BCUT2D eigenvalue weighted by atomic mass is 9.82. The molecule has 0 aromatic heterocycles. The Kier molecular flexibility index (Phi) is 5.52. The number of hydrogen-bond donors (Lipinski definition) is 0. The Bertz CT molecular complexity index is 1420. The number of hydrogen-bond acceptors (Lipinski definition) is 5. The van der Waals surface area contributed by atoms with Gasteiger partial charge < -0.3 is 0 Å². The van der Waals surface area contributed by atoms with Crippen LogP contribution in [0.2, 0.25) is 5.02 Å². The Labute approximate surface area is 218 Å². The third kappa shape index (κ3) is 3.45. The number of Topliss-reactive ketones (excluding diaryl/α,β-unsaturated/α-hetero) is 1. The van der Waals surface area contributed by atoms with Crippen LogP contribution in [0.25, 0.3) is 0 Å². The number of benzene rings is 4. The number of rotatable bonds is 4. The van der Waals surface area contributed by atoms with Gasteiger partial charge in [0.15, 0.2) is 15.0 Å². The molecule has 6 heteroatoms. The number of nitrogens with zero attached hydrogens (tertiary/aromatic N) is 2. The van der Waals surface area contributed by atoms with E-state index in [2.05, 4.69) is 72.8 Å². The van der Waals surface area contributed by atoms with Gasteiger partial charge in [-0.25, -0.2) is 5.01 Å². The highest BCUT2D eigenvalue weighted by Gasteiger charge is 2.61. The summed E-state index contributed by atoms with van der Waals surface area (Å²) in [6.07, 6.45) is 0. The summed E-state index contributed by atoms with van der Waals surface area (Å²) in [4.78, 5) is 12.6. The predicted octanol–water partition coefficient (Wildman–Crippen LogP) is 7.64. The lowest BCUT2D eigenvalue weighted by Gasteiger charge is -2.37. The van der Waals surface area contributed by atoms with Crippen molar-refractivity contribution < 1.29 is 4.79 Å². The van der Waals surface area contributed by atoms with Crippen LogP contribution in [-0.4, -0.2) is 10.8 Å². The highest BCUT2D eigenvalue weighted by Crippen LogP contribution is 2.70. The first-order chi connectivity index (χ1) is 17.0. The van der Waals surface area contributed by atoms with Gasteiger partial charge in [0, 0.05) is 17.5 Å². The molecular formula is C29H21ClN2OS2. The zero-order valence-corrected chi connectivity index (χ0v) is 21.3. The first-order valence-electron chi connectivity index (χ1n) is 11.3. The van der Waals surface area contributed by atoms with E-state index in [-0.39, 0.29) is 5.78 Å². The number of carbonyl (C=O) groups is 1. The topological polar surface area (TPSA) is 32.7 Å². The molecule has 2 heterocycles. The van der Waals surface area contributed by atoms with Crippen molar-refractivity contribution in [2.75, 3.05) is 5.01 Å². The van der Waals surface area contributed by atoms with Gasteiger partial charge in [0.2, 0.25) is 0 Å². The van der Waals surface area contributed by atoms with E-state index >= 15 is 0 Å². The minimum absolute atomic E-state index is 0.0473. The van der Waals surface area contributed by atoms with E-state index in [9.17, 15) is 4.79 Å². The smallest absolute Gasteiger partial charge is 0.187 e. The molecule has 0 N–H and O–H groups in total. The minimum Gasteiger partial charge on any atom is -0.292 e. The van der Waals surface area contributed by atoms with Crippen molar-refractivity contribution >= 4 is 51.6 Å². The maximum Gasteiger partial charge on any atom is 0.187 e. The quantitative estimate of drug-likeness (QED) is 0.281. The van der Waals surface area contributed by atoms with Crippen molar-refractivity contribution in [2.45, 2.75) is 15.9 Å². The van der Waals surface area contributed by atoms with Crippen LogP contribution in [0.4, 0.5) is 5.69 Å². The molecule has 4 aromatic carbocycles. The van der Waals surface area contributed by atoms with Crippen LogP contribution in [0.3, 0.4) is 0 Å². The standard InChI is InChI=1S/C29H21ClN2OS2/c1-20(33)27-31-32(24-16-10-15-23(30)19-24)29(34-27)26-18-9-8-17-25(26)28(35-29,21-11-4-2-5-12-21)22-13-6-3-7-14-22/h2-19H,1H3/t29-/m1/s1. The van der Waals surface area contributed by atoms with Crippen LogP contribution in [-0.2, 0) is 13.7 Å². The van der Waals surface area contributed by atoms with Crippen LogP contribution in [0, 0.1) is 0 Å². The highest BCUT2D eigenvalue weighted by atomic mass is 35.5. The van der Waals surface area contributed by atoms with E-state index in [0.717, 1.165) is 11.3 Å². The second-order valence-electron chi connectivity index (χ2n) is 8.50. The third-order valence-corrected chi connectivity index (χ3v) is 9.99. The summed E-state index contributed by atoms with van der Waals surface area (Å²) in [6, 6.07) is 37.4. The molecule has 0 aliphatic carbocycles. The molecule has 0 bridgehead atoms. The number of ketones is 1. The molecule has 1 spiro atoms. The molecule has 2 aliphatic heterocycles. The molecule has 2 aliphatic rings. The molecule has 35 heavy (non-hydrogen) atoms. The summed E-state index contributed by atoms with van der Waals surface area (Å²) in [5.74, 6) is -0.0473. The van der Waals surface area contributed by atoms with Crippen LogP contribution < -0.4 is 5.01 Å². The maximum atomic E-state index is 12.6. The van der Waals surface area contributed by atoms with Gasteiger partial charge in [-0.05, 0) is 34.9 Å². The molecule has 0 saturated carbocycles. The van der Waals surface area contributed by atoms with E-state index in [1.54, 1.807) is 6.92 Å². The number of halogens is 1. The fraction of sp³-hybridized carbons (Fsp3) is 0.103. The zero-order valence-electron chi connectivity index (χ0n) is 18.9. The Morgan fingerprint density at radius 1 is 0.800 bits per heavy atom. The Morgan fingerprint density at radius 2 is 1.40 bits per heavy atom. The zero-order chi connectivity index (χ0) is 24.0. The molecular weight excluding hydrogens is 492 g/mol. The average molecular weight is 513 g/mol. The van der Waals surface area contributed by atoms with Gasteiger partial charge in [0.05, 0.1) is 10.4 Å². The summed E-state index contributed by atoms with van der Waals surface area (Å²) in [5, 5.41) is 7.97. The van der Waals surface area contributed by atoms with Gasteiger partial charge in [0.1, 0.15) is 0 Å². The summed E-state index contributed by atoms with van der Waals surface area (Å²) in [7, 11) is 0. The maximum absolute atomic E-state index is 12.6. The van der Waals surface area contributed by atoms with Gasteiger partial charge in [0.25, 0.3) is 0 Å². The van der Waals surface area contributed by atoms with Crippen molar-refractivity contribution in [1.29, 1.82) is 0 Å². The van der Waals surface area contributed by atoms with Crippen molar-refractivity contribution in [3.63, 3.8) is 0 Å². The number of anilines is 1. The largest absolute Gasteiger partial charge is 0.292 e. The van der Waals surface area contributed by atoms with E-state index in [1.807, 2.05) is 53.2 Å². The van der Waals surface area contributed by atoms with Crippen molar-refractivity contribution in [3.05, 3.63) is 136 Å². The normalized spacial score (nSPS) is 20.1. The second-order valence-corrected chi connectivity index (χ2v) is 11.8. The number of carbonyl (C=O) groups excluding carboxylic acids is 1. The summed E-state index contributed by atoms with van der Waals surface area (Å²) in [5.41, 5.74) is 5.54. The monoisotopic (exact) mass is 512 g/mol. The molecule has 0 saturated heterocycles. The van der Waals surface area contributed by atoms with Crippen LogP contribution in [0.1, 0.15) is 29.2 Å². The van der Waals surface area contributed by atoms with Crippen molar-refractivity contribution in [3.8, 4) is 0 Å². The molecule has 1 atom stereocenters. The third-order valence-electron chi connectivity index (χ3n) is 6.36. The van der Waals surface area contributed by atoms with Crippen LogP contribution in [0.5, 0.6) is 0 Å². The lowest BCUT2D eigenvalue weighted by Crippen LogP contribution is -2.34. The summed E-state index contributed by atoms with van der Waals surface area (Å²) in [6.45, 7) is 1.58. The molecule has 0 fully saturated rings. The Morgan fingerprint density at radius 3 is 2.00 bits per heavy atom. The molecule has 0 amide bonds. The number of fused-ring (bicyclic) bond motifs is 2. The molecule has 3 nitrogen and oxygen atoms in total. The molecule has 6 rings (SSSR count). The molecule has 172 valence electrons.